The Kier molecular flexibility index (Phi) is 7.90. The van der Waals surface area contributed by atoms with Crippen molar-refractivity contribution in [1.82, 2.24) is 9.55 Å². The number of rotatable bonds is 10. The van der Waals surface area contributed by atoms with Crippen LogP contribution in [0.15, 0.2) is 63.4 Å². The number of phosphoric ester groups is 1. The SMILES string of the molecule is Cc1cn([C@H]2C[C@H](N=[N+]=[N-])[C@@H](COP(=O)(O)OCCOc3ccc4ccccc4c3)O2)c(=O)[nH]c1=O. The third-order valence-corrected chi connectivity index (χ3v) is 6.57. The number of H-pyrrole nitrogens is 1. The van der Waals surface area contributed by atoms with E-state index in [4.69, 9.17) is 24.1 Å². The van der Waals surface area contributed by atoms with E-state index in [1.165, 1.54) is 13.1 Å². The van der Waals surface area contributed by atoms with Gasteiger partial charge in [0.25, 0.3) is 5.56 Å². The largest absolute Gasteiger partial charge is 0.491 e. The van der Waals surface area contributed by atoms with Gasteiger partial charge in [-0.15, -0.1) is 0 Å². The van der Waals surface area contributed by atoms with Crippen LogP contribution in [0.2, 0.25) is 0 Å². The average Bonchev–Trinajstić information content (AvgIpc) is 3.25. The van der Waals surface area contributed by atoms with E-state index in [-0.39, 0.29) is 25.2 Å². The second-order valence-electron chi connectivity index (χ2n) is 8.07. The van der Waals surface area contributed by atoms with Gasteiger partial charge in [-0.05, 0) is 35.4 Å². The Morgan fingerprint density at radius 2 is 2.00 bits per heavy atom. The van der Waals surface area contributed by atoms with Crippen molar-refractivity contribution < 1.29 is 28.0 Å². The molecule has 190 valence electrons. The van der Waals surface area contributed by atoms with Crippen molar-refractivity contribution in [2.75, 3.05) is 19.8 Å². The molecule has 14 heteroatoms. The molecule has 0 bridgehead atoms. The molecule has 3 aromatic rings. The van der Waals surface area contributed by atoms with Crippen molar-refractivity contribution in [1.29, 1.82) is 0 Å². The third-order valence-electron chi connectivity index (χ3n) is 5.59. The molecular formula is C22H24N5O8P. The summed E-state index contributed by atoms with van der Waals surface area (Å²) < 4.78 is 34.8. The van der Waals surface area contributed by atoms with Crippen molar-refractivity contribution in [2.45, 2.75) is 31.7 Å². The summed E-state index contributed by atoms with van der Waals surface area (Å²) in [5, 5.41) is 5.69. The molecule has 13 nitrogen and oxygen atoms in total. The third kappa shape index (κ3) is 6.21. The van der Waals surface area contributed by atoms with Gasteiger partial charge in [0.15, 0.2) is 0 Å². The molecule has 0 saturated carbocycles. The molecule has 2 N–H and O–H groups in total. The van der Waals surface area contributed by atoms with Crippen LogP contribution in [-0.2, 0) is 18.3 Å². The summed E-state index contributed by atoms with van der Waals surface area (Å²) in [5.74, 6) is 0.585. The Morgan fingerprint density at radius 1 is 1.22 bits per heavy atom. The molecule has 1 aliphatic rings. The van der Waals surface area contributed by atoms with Gasteiger partial charge in [0.05, 0.1) is 25.4 Å². The molecule has 2 aromatic carbocycles. The minimum Gasteiger partial charge on any atom is -0.491 e. The predicted molar refractivity (Wildman–Crippen MR) is 129 cm³/mol. The highest BCUT2D eigenvalue weighted by atomic mass is 31.2. The summed E-state index contributed by atoms with van der Waals surface area (Å²) in [4.78, 5) is 38.7. The summed E-state index contributed by atoms with van der Waals surface area (Å²) in [5.41, 5.74) is 7.93. The molecule has 0 aliphatic carbocycles. The number of ether oxygens (including phenoxy) is 2. The molecule has 36 heavy (non-hydrogen) atoms. The molecular weight excluding hydrogens is 493 g/mol. The number of aromatic amines is 1. The first kappa shape index (κ1) is 25.6. The molecule has 2 heterocycles. The van der Waals surface area contributed by atoms with Crippen LogP contribution in [-0.4, -0.2) is 46.4 Å². The van der Waals surface area contributed by atoms with Crippen LogP contribution in [0.5, 0.6) is 5.75 Å². The predicted octanol–water partition coefficient (Wildman–Crippen LogP) is 3.18. The second kappa shape index (κ2) is 11.1. The fraction of sp³-hybridized carbons (Fsp3) is 0.364. The maximum Gasteiger partial charge on any atom is 0.472 e. The van der Waals surface area contributed by atoms with E-state index in [0.29, 0.717) is 5.75 Å². The van der Waals surface area contributed by atoms with Crippen LogP contribution in [0.4, 0.5) is 0 Å². The Hall–Kier alpha value is -3.44. The summed E-state index contributed by atoms with van der Waals surface area (Å²) in [6.07, 6.45) is -0.369. The molecule has 0 radical (unpaired) electrons. The van der Waals surface area contributed by atoms with Gasteiger partial charge in [0, 0.05) is 23.1 Å². The number of benzene rings is 2. The maximum atomic E-state index is 12.3. The topological polar surface area (TPSA) is 178 Å². The van der Waals surface area contributed by atoms with Gasteiger partial charge < -0.3 is 14.4 Å². The quantitative estimate of drug-likeness (QED) is 0.135. The lowest BCUT2D eigenvalue weighted by molar-refractivity contribution is -0.0287. The van der Waals surface area contributed by atoms with E-state index in [1.54, 1.807) is 6.07 Å². The summed E-state index contributed by atoms with van der Waals surface area (Å²) in [7, 11) is -4.48. The van der Waals surface area contributed by atoms with Gasteiger partial charge in [-0.25, -0.2) is 9.36 Å². The number of hydrogen-bond donors (Lipinski definition) is 2. The van der Waals surface area contributed by atoms with E-state index >= 15 is 0 Å². The van der Waals surface area contributed by atoms with E-state index in [2.05, 4.69) is 15.0 Å². The van der Waals surface area contributed by atoms with Crippen LogP contribution in [0.1, 0.15) is 18.2 Å². The van der Waals surface area contributed by atoms with E-state index in [1.807, 2.05) is 36.4 Å². The van der Waals surface area contributed by atoms with Crippen LogP contribution in [0, 0.1) is 6.92 Å². The number of nitrogens with zero attached hydrogens (tertiary/aromatic N) is 4. The number of azide groups is 1. The van der Waals surface area contributed by atoms with Gasteiger partial charge in [-0.2, -0.15) is 0 Å². The highest BCUT2D eigenvalue weighted by Crippen LogP contribution is 2.44. The minimum absolute atomic E-state index is 0.00405. The molecule has 4 atom stereocenters. The smallest absolute Gasteiger partial charge is 0.472 e. The Labute approximate surface area is 204 Å². The standard InChI is InChI=1S/C22H24N5O8P/c1-14-12-27(22(29)24-21(14)28)20-11-18(25-26-23)19(35-20)13-34-36(30,31)33-9-8-32-17-7-6-15-4-2-3-5-16(15)10-17/h2-7,10,12,18-20H,8-9,11,13H2,1H3,(H,30,31)(H,24,28,29)/t18-,19+,20+/m0/s1. The summed E-state index contributed by atoms with van der Waals surface area (Å²) >= 11 is 0. The molecule has 0 spiro atoms. The van der Waals surface area contributed by atoms with E-state index in [0.717, 1.165) is 15.3 Å². The number of hydrogen-bond acceptors (Lipinski definition) is 8. The zero-order chi connectivity index (χ0) is 25.7. The van der Waals surface area contributed by atoms with Gasteiger partial charge in [-0.1, -0.05) is 35.4 Å². The number of phosphoric acid groups is 1. The van der Waals surface area contributed by atoms with Crippen molar-refractivity contribution in [3.63, 3.8) is 0 Å². The zero-order valence-electron chi connectivity index (χ0n) is 19.2. The van der Waals surface area contributed by atoms with Crippen molar-refractivity contribution >= 4 is 18.6 Å². The van der Waals surface area contributed by atoms with Gasteiger partial charge in [0.2, 0.25) is 0 Å². The minimum atomic E-state index is -4.48. The first-order chi connectivity index (χ1) is 17.3. The first-order valence-electron chi connectivity index (χ1n) is 11.0. The zero-order valence-corrected chi connectivity index (χ0v) is 20.1. The molecule has 1 aromatic heterocycles. The van der Waals surface area contributed by atoms with Crippen molar-refractivity contribution in [3.05, 3.63) is 85.5 Å². The Bertz CT molecular complexity index is 1450. The monoisotopic (exact) mass is 517 g/mol. The molecule has 4 rings (SSSR count). The van der Waals surface area contributed by atoms with Gasteiger partial charge in [-0.3, -0.25) is 23.4 Å². The van der Waals surface area contributed by atoms with Crippen molar-refractivity contribution in [3.8, 4) is 5.75 Å². The van der Waals surface area contributed by atoms with Gasteiger partial charge in [0.1, 0.15) is 18.6 Å². The highest BCUT2D eigenvalue weighted by Gasteiger charge is 2.38. The normalized spacial score (nSPS) is 21.1. The van der Waals surface area contributed by atoms with Crippen LogP contribution < -0.4 is 16.0 Å². The maximum absolute atomic E-state index is 12.3. The molecule has 1 fully saturated rings. The fourth-order valence-corrected chi connectivity index (χ4v) is 4.51. The molecule has 1 aliphatic heterocycles. The summed E-state index contributed by atoms with van der Waals surface area (Å²) in [6, 6.07) is 12.5. The number of fused-ring (bicyclic) bond motifs is 1. The summed E-state index contributed by atoms with van der Waals surface area (Å²) in [6.45, 7) is 0.875. The lowest BCUT2D eigenvalue weighted by Crippen LogP contribution is -2.33. The second-order valence-corrected chi connectivity index (χ2v) is 9.52. The van der Waals surface area contributed by atoms with E-state index in [9.17, 15) is 19.0 Å². The lowest BCUT2D eigenvalue weighted by Gasteiger charge is -2.18. The lowest BCUT2D eigenvalue weighted by atomic mass is 10.1. The molecule has 0 amide bonds. The molecule has 1 saturated heterocycles. The van der Waals surface area contributed by atoms with Crippen LogP contribution in [0.3, 0.4) is 0 Å². The van der Waals surface area contributed by atoms with Crippen LogP contribution in [0.25, 0.3) is 21.2 Å². The number of aromatic nitrogens is 2. The van der Waals surface area contributed by atoms with Crippen molar-refractivity contribution in [2.24, 2.45) is 5.11 Å². The number of aryl methyl sites for hydroxylation is 1. The van der Waals surface area contributed by atoms with Crippen LogP contribution >= 0.6 is 7.82 Å². The Balaban J connectivity index is 1.30. The van der Waals surface area contributed by atoms with Gasteiger partial charge >= 0.3 is 13.5 Å². The van der Waals surface area contributed by atoms with E-state index < -0.39 is 44.1 Å². The first-order valence-corrected chi connectivity index (χ1v) is 12.5. The fourth-order valence-electron chi connectivity index (χ4n) is 3.80. The molecule has 1 unspecified atom stereocenters. The highest BCUT2D eigenvalue weighted by molar-refractivity contribution is 7.47. The number of nitrogens with one attached hydrogen (secondary N) is 1. The Morgan fingerprint density at radius 3 is 2.78 bits per heavy atom. The average molecular weight is 517 g/mol.